The minimum Gasteiger partial charge on any atom is -0.382 e. The van der Waals surface area contributed by atoms with Crippen molar-refractivity contribution in [2.75, 3.05) is 29.9 Å². The SMILES string of the molecule is c1cc(CN2CCSCC2)cc(NC2Cc3[nH]c4ccccc4c3C2)c1. The number of nitrogens with zero attached hydrogens (tertiary/aromatic N) is 1. The Hall–Kier alpha value is -1.91. The molecule has 5 rings (SSSR count). The van der Waals surface area contributed by atoms with Crippen molar-refractivity contribution in [2.45, 2.75) is 25.4 Å². The van der Waals surface area contributed by atoms with Crippen LogP contribution in [-0.4, -0.2) is 40.5 Å². The molecule has 0 amide bonds. The van der Waals surface area contributed by atoms with Crippen molar-refractivity contribution in [1.29, 1.82) is 0 Å². The fourth-order valence-electron chi connectivity index (χ4n) is 4.34. The Kier molecular flexibility index (Phi) is 4.39. The highest BCUT2D eigenvalue weighted by molar-refractivity contribution is 7.99. The normalized spacial score (nSPS) is 20.4. The second kappa shape index (κ2) is 7.01. The molecule has 2 aliphatic rings. The summed E-state index contributed by atoms with van der Waals surface area (Å²) in [5, 5.41) is 5.17. The number of hydrogen-bond donors (Lipinski definition) is 2. The molecule has 3 nitrogen and oxygen atoms in total. The van der Waals surface area contributed by atoms with Crippen LogP contribution in [0.25, 0.3) is 10.9 Å². The Balaban J connectivity index is 1.27. The molecule has 4 heteroatoms. The number of hydrogen-bond acceptors (Lipinski definition) is 3. The second-order valence-electron chi connectivity index (χ2n) is 7.47. The largest absolute Gasteiger partial charge is 0.382 e. The summed E-state index contributed by atoms with van der Waals surface area (Å²) in [7, 11) is 0. The minimum absolute atomic E-state index is 0.488. The summed E-state index contributed by atoms with van der Waals surface area (Å²) < 4.78 is 0. The standard InChI is InChI=1S/C22H25N3S/c1-2-7-21-19(6-1)20-13-18(14-22(20)24-21)23-17-5-3-4-16(12-17)15-25-8-10-26-11-9-25/h1-7,12,18,23-24H,8-11,13-15H2. The van der Waals surface area contributed by atoms with Crippen molar-refractivity contribution in [3.05, 3.63) is 65.4 Å². The summed E-state index contributed by atoms with van der Waals surface area (Å²) in [5.74, 6) is 2.54. The van der Waals surface area contributed by atoms with Gasteiger partial charge in [0, 0.05) is 65.9 Å². The predicted octanol–water partition coefficient (Wildman–Crippen LogP) is 4.30. The molecule has 26 heavy (non-hydrogen) atoms. The van der Waals surface area contributed by atoms with Gasteiger partial charge < -0.3 is 10.3 Å². The molecule has 0 radical (unpaired) electrons. The summed E-state index contributed by atoms with van der Waals surface area (Å²) in [6.45, 7) is 3.50. The molecule has 0 bridgehead atoms. The number of nitrogens with one attached hydrogen (secondary N) is 2. The van der Waals surface area contributed by atoms with Gasteiger partial charge in [-0.05, 0) is 35.7 Å². The third-order valence-corrected chi connectivity index (χ3v) is 6.55. The molecule has 2 N–H and O–H groups in total. The summed E-state index contributed by atoms with van der Waals surface area (Å²) in [4.78, 5) is 6.18. The van der Waals surface area contributed by atoms with E-state index < -0.39 is 0 Å². The molecule has 1 aliphatic carbocycles. The fourth-order valence-corrected chi connectivity index (χ4v) is 5.32. The molecule has 1 aromatic heterocycles. The number of anilines is 1. The molecule has 2 aromatic carbocycles. The third kappa shape index (κ3) is 3.24. The smallest absolute Gasteiger partial charge is 0.0458 e. The average Bonchev–Trinajstić information content (AvgIpc) is 3.20. The molecule has 1 saturated heterocycles. The van der Waals surface area contributed by atoms with Gasteiger partial charge in [0.25, 0.3) is 0 Å². The van der Waals surface area contributed by atoms with Crippen LogP contribution in [0.1, 0.15) is 16.8 Å². The van der Waals surface area contributed by atoms with Crippen LogP contribution in [0, 0.1) is 0 Å². The number of H-pyrrole nitrogens is 1. The van der Waals surface area contributed by atoms with Crippen molar-refractivity contribution in [1.82, 2.24) is 9.88 Å². The Bertz CT molecular complexity index is 911. The van der Waals surface area contributed by atoms with Crippen LogP contribution in [-0.2, 0) is 19.4 Å². The van der Waals surface area contributed by atoms with Crippen LogP contribution in [0.4, 0.5) is 5.69 Å². The summed E-state index contributed by atoms with van der Waals surface area (Å²) in [6.07, 6.45) is 2.19. The molecule has 134 valence electrons. The van der Waals surface area contributed by atoms with E-state index >= 15 is 0 Å². The first-order chi connectivity index (χ1) is 12.8. The molecule has 1 unspecified atom stereocenters. The second-order valence-corrected chi connectivity index (χ2v) is 8.69. The molecule has 2 heterocycles. The monoisotopic (exact) mass is 363 g/mol. The topological polar surface area (TPSA) is 31.1 Å². The summed E-state index contributed by atoms with van der Waals surface area (Å²) >= 11 is 2.07. The lowest BCUT2D eigenvalue weighted by Gasteiger charge is -2.26. The number of rotatable bonds is 4. The van der Waals surface area contributed by atoms with Gasteiger partial charge in [0.15, 0.2) is 0 Å². The maximum absolute atomic E-state index is 3.77. The van der Waals surface area contributed by atoms with E-state index in [9.17, 15) is 0 Å². The van der Waals surface area contributed by atoms with Gasteiger partial charge in [-0.3, -0.25) is 4.90 Å². The molecule has 3 aromatic rings. The number of aromatic amines is 1. The van der Waals surface area contributed by atoms with E-state index in [0.717, 1.165) is 19.4 Å². The van der Waals surface area contributed by atoms with Gasteiger partial charge in [-0.25, -0.2) is 0 Å². The zero-order valence-electron chi connectivity index (χ0n) is 15.0. The van der Waals surface area contributed by atoms with E-state index in [1.165, 1.54) is 58.0 Å². The lowest BCUT2D eigenvalue weighted by atomic mass is 10.1. The number of fused-ring (bicyclic) bond motifs is 3. The van der Waals surface area contributed by atoms with Crippen LogP contribution in [0.5, 0.6) is 0 Å². The average molecular weight is 364 g/mol. The predicted molar refractivity (Wildman–Crippen MR) is 112 cm³/mol. The van der Waals surface area contributed by atoms with Crippen LogP contribution in [0.2, 0.25) is 0 Å². The van der Waals surface area contributed by atoms with Gasteiger partial charge in [0.05, 0.1) is 0 Å². The van der Waals surface area contributed by atoms with Crippen molar-refractivity contribution >= 4 is 28.4 Å². The van der Waals surface area contributed by atoms with Crippen LogP contribution in [0.15, 0.2) is 48.5 Å². The van der Waals surface area contributed by atoms with Gasteiger partial charge in [0.2, 0.25) is 0 Å². The molecule has 1 atom stereocenters. The van der Waals surface area contributed by atoms with E-state index in [0.29, 0.717) is 6.04 Å². The van der Waals surface area contributed by atoms with E-state index in [1.54, 1.807) is 0 Å². The highest BCUT2D eigenvalue weighted by Crippen LogP contribution is 2.31. The molecular weight excluding hydrogens is 338 g/mol. The van der Waals surface area contributed by atoms with Crippen molar-refractivity contribution < 1.29 is 0 Å². The molecule has 1 fully saturated rings. The Morgan fingerprint density at radius 3 is 2.85 bits per heavy atom. The quantitative estimate of drug-likeness (QED) is 0.725. The summed E-state index contributed by atoms with van der Waals surface area (Å²) in [6, 6.07) is 18.2. The first kappa shape index (κ1) is 16.3. The third-order valence-electron chi connectivity index (χ3n) is 5.61. The number of benzene rings is 2. The molecule has 0 spiro atoms. The van der Waals surface area contributed by atoms with Gasteiger partial charge in [-0.1, -0.05) is 30.3 Å². The summed E-state index contributed by atoms with van der Waals surface area (Å²) in [5.41, 5.74) is 6.86. The maximum Gasteiger partial charge on any atom is 0.0458 e. The van der Waals surface area contributed by atoms with E-state index in [2.05, 4.69) is 75.5 Å². The lowest BCUT2D eigenvalue weighted by molar-refractivity contribution is 0.294. The van der Waals surface area contributed by atoms with Crippen LogP contribution < -0.4 is 5.32 Å². The number of aromatic nitrogens is 1. The van der Waals surface area contributed by atoms with E-state index in [-0.39, 0.29) is 0 Å². The molecule has 1 aliphatic heterocycles. The number of para-hydroxylation sites is 1. The number of thioether (sulfide) groups is 1. The van der Waals surface area contributed by atoms with Gasteiger partial charge in [0.1, 0.15) is 0 Å². The Labute approximate surface area is 159 Å². The van der Waals surface area contributed by atoms with Crippen molar-refractivity contribution in [3.8, 4) is 0 Å². The Morgan fingerprint density at radius 2 is 1.92 bits per heavy atom. The van der Waals surface area contributed by atoms with Crippen molar-refractivity contribution in [2.24, 2.45) is 0 Å². The van der Waals surface area contributed by atoms with Crippen LogP contribution in [0.3, 0.4) is 0 Å². The van der Waals surface area contributed by atoms with Crippen molar-refractivity contribution in [3.63, 3.8) is 0 Å². The molecule has 0 saturated carbocycles. The maximum atomic E-state index is 3.77. The zero-order valence-corrected chi connectivity index (χ0v) is 15.8. The van der Waals surface area contributed by atoms with Gasteiger partial charge in [-0.15, -0.1) is 0 Å². The molecular formula is C22H25N3S. The van der Waals surface area contributed by atoms with E-state index in [1.807, 2.05) is 0 Å². The Morgan fingerprint density at radius 1 is 1.04 bits per heavy atom. The first-order valence-corrected chi connectivity index (χ1v) is 10.7. The van der Waals surface area contributed by atoms with Gasteiger partial charge in [-0.2, -0.15) is 11.8 Å². The fraction of sp³-hybridized carbons (Fsp3) is 0.364. The van der Waals surface area contributed by atoms with E-state index in [4.69, 9.17) is 0 Å². The highest BCUT2D eigenvalue weighted by Gasteiger charge is 2.25. The highest BCUT2D eigenvalue weighted by atomic mass is 32.2. The zero-order chi connectivity index (χ0) is 17.3. The first-order valence-electron chi connectivity index (χ1n) is 9.59. The minimum atomic E-state index is 0.488. The van der Waals surface area contributed by atoms with Gasteiger partial charge >= 0.3 is 0 Å². The van der Waals surface area contributed by atoms with Crippen LogP contribution >= 0.6 is 11.8 Å². The lowest BCUT2D eigenvalue weighted by Crippen LogP contribution is -2.32.